The molecule has 0 amide bonds. The molecule has 0 unspecified atom stereocenters. The second-order valence-corrected chi connectivity index (χ2v) is 12.5. The van der Waals surface area contributed by atoms with Gasteiger partial charge in [0.1, 0.15) is 0 Å². The van der Waals surface area contributed by atoms with Gasteiger partial charge in [-0.15, -0.1) is 0 Å². The van der Waals surface area contributed by atoms with Gasteiger partial charge in [-0.25, -0.2) is 0 Å². The molecule has 1 aromatic carbocycles. The molecule has 0 saturated carbocycles. The van der Waals surface area contributed by atoms with Crippen LogP contribution < -0.4 is 0 Å². The third-order valence-corrected chi connectivity index (χ3v) is 9.55. The molecule has 1 N–H and O–H groups in total. The van der Waals surface area contributed by atoms with Crippen LogP contribution >= 0.6 is 8.25 Å². The minimum absolute atomic E-state index is 0.00235. The van der Waals surface area contributed by atoms with Crippen LogP contribution in [-0.2, 0) is 39.4 Å². The van der Waals surface area contributed by atoms with Crippen molar-refractivity contribution in [1.82, 2.24) is 0 Å². The SMILES string of the molecule is C[C@@H]1CO[C@H]([C@H](CO)[CH2][Hg][Cl])[C@@H]1OCc1ccccc1. The Kier molecular flexibility index (Phi) is 7.25. The Morgan fingerprint density at radius 3 is 2.85 bits per heavy atom. The van der Waals surface area contributed by atoms with Gasteiger partial charge in [0.25, 0.3) is 0 Å². The van der Waals surface area contributed by atoms with Gasteiger partial charge in [0, 0.05) is 0 Å². The van der Waals surface area contributed by atoms with E-state index >= 15 is 0 Å². The Balaban J connectivity index is 1.96. The van der Waals surface area contributed by atoms with E-state index in [2.05, 4.69) is 19.1 Å². The maximum atomic E-state index is 9.55. The Morgan fingerprint density at radius 2 is 2.20 bits per heavy atom. The first-order valence-corrected chi connectivity index (χ1v) is 17.9. The van der Waals surface area contributed by atoms with Crippen molar-refractivity contribution in [2.24, 2.45) is 11.8 Å². The van der Waals surface area contributed by atoms with Crippen LogP contribution in [0.1, 0.15) is 12.5 Å². The van der Waals surface area contributed by atoms with Gasteiger partial charge in [0.05, 0.1) is 0 Å². The maximum absolute atomic E-state index is 9.55. The number of hydrogen-bond acceptors (Lipinski definition) is 3. The molecule has 0 aromatic heterocycles. The standard InChI is InChI=1S/C15H21O3.ClH.Hg/c1-11(8-16)14-15(12(2)9-17-14)18-10-13-6-4-3-5-7-13;;/h3-7,11-12,14-16H,1,8-10H2,2H3;1H;/q;;+1/p-1/t11-,12+,14+,15+;;/m0../s1. The third-order valence-electron chi connectivity index (χ3n) is 3.90. The summed E-state index contributed by atoms with van der Waals surface area (Å²) in [5.74, 6) is 0.518. The number of benzene rings is 1. The Labute approximate surface area is 136 Å². The molecule has 1 aromatic rings. The van der Waals surface area contributed by atoms with Gasteiger partial charge in [-0.3, -0.25) is 0 Å². The molecule has 0 bridgehead atoms. The van der Waals surface area contributed by atoms with E-state index in [1.165, 1.54) is 5.56 Å². The molecule has 1 fully saturated rings. The zero-order valence-electron chi connectivity index (χ0n) is 11.9. The van der Waals surface area contributed by atoms with Crippen LogP contribution in [0.5, 0.6) is 0 Å². The molecule has 5 heteroatoms. The summed E-state index contributed by atoms with van der Waals surface area (Å²) < 4.78 is 12.9. The van der Waals surface area contributed by atoms with Crippen LogP contribution in [0.2, 0.25) is 3.93 Å². The molecule has 0 radical (unpaired) electrons. The average Bonchev–Trinajstić information content (AvgIpc) is 2.84. The predicted molar refractivity (Wildman–Crippen MR) is 75.2 cm³/mol. The van der Waals surface area contributed by atoms with Gasteiger partial charge < -0.3 is 0 Å². The van der Waals surface area contributed by atoms with E-state index in [1.807, 2.05) is 18.2 Å². The molecule has 0 spiro atoms. The van der Waals surface area contributed by atoms with E-state index in [9.17, 15) is 5.11 Å². The van der Waals surface area contributed by atoms with Gasteiger partial charge >= 0.3 is 137 Å². The minimum atomic E-state index is -1.29. The molecular formula is C15H21ClHgO3. The van der Waals surface area contributed by atoms with Crippen molar-refractivity contribution >= 4 is 8.25 Å². The van der Waals surface area contributed by atoms with Crippen LogP contribution in [0, 0.1) is 11.8 Å². The number of ether oxygens (including phenoxy) is 2. The van der Waals surface area contributed by atoms with Gasteiger partial charge in [0.15, 0.2) is 0 Å². The number of aliphatic hydroxyl groups is 1. The Morgan fingerprint density at radius 1 is 1.45 bits per heavy atom. The van der Waals surface area contributed by atoms with E-state index in [4.69, 9.17) is 17.7 Å². The normalized spacial score (nSPS) is 27.2. The van der Waals surface area contributed by atoms with Crippen molar-refractivity contribution in [3.63, 3.8) is 0 Å². The second-order valence-electron chi connectivity index (χ2n) is 5.46. The van der Waals surface area contributed by atoms with E-state index in [0.717, 1.165) is 3.93 Å². The van der Waals surface area contributed by atoms with Crippen molar-refractivity contribution in [2.75, 3.05) is 13.2 Å². The van der Waals surface area contributed by atoms with E-state index in [0.29, 0.717) is 19.1 Å². The Bertz CT molecular complexity index is 390. The second kappa shape index (κ2) is 8.69. The fraction of sp³-hybridized carbons (Fsp3) is 0.600. The number of aliphatic hydroxyl groups excluding tert-OH is 1. The van der Waals surface area contributed by atoms with Crippen molar-refractivity contribution in [3.8, 4) is 0 Å². The van der Waals surface area contributed by atoms with Crippen molar-refractivity contribution in [1.29, 1.82) is 0 Å². The summed E-state index contributed by atoms with van der Waals surface area (Å²) in [5.41, 5.74) is 1.17. The topological polar surface area (TPSA) is 38.7 Å². The third kappa shape index (κ3) is 4.41. The summed E-state index contributed by atoms with van der Waals surface area (Å²) in [7, 11) is 6.03. The quantitative estimate of drug-likeness (QED) is 0.604. The fourth-order valence-corrected chi connectivity index (χ4v) is 8.24. The average molecular weight is 485 g/mol. The van der Waals surface area contributed by atoms with E-state index in [-0.39, 0.29) is 24.7 Å². The summed E-state index contributed by atoms with van der Waals surface area (Å²) in [4.78, 5) is 0. The first-order valence-electron chi connectivity index (χ1n) is 7.20. The van der Waals surface area contributed by atoms with Crippen LogP contribution in [0.25, 0.3) is 0 Å². The molecule has 4 atom stereocenters. The summed E-state index contributed by atoms with van der Waals surface area (Å²) >= 11 is -1.29. The molecule has 1 aliphatic rings. The van der Waals surface area contributed by atoms with Crippen LogP contribution in [0.3, 0.4) is 0 Å². The molecular weight excluding hydrogens is 464 g/mol. The molecule has 0 aliphatic carbocycles. The van der Waals surface area contributed by atoms with Crippen LogP contribution in [0.4, 0.5) is 0 Å². The van der Waals surface area contributed by atoms with E-state index < -0.39 is 23.3 Å². The molecule has 3 nitrogen and oxygen atoms in total. The monoisotopic (exact) mass is 486 g/mol. The first-order chi connectivity index (χ1) is 9.76. The molecule has 1 saturated heterocycles. The molecule has 2 rings (SSSR count). The molecule has 108 valence electrons. The van der Waals surface area contributed by atoms with Crippen molar-refractivity contribution in [3.05, 3.63) is 35.9 Å². The summed E-state index contributed by atoms with van der Waals surface area (Å²) in [6.45, 7) is 3.60. The van der Waals surface area contributed by atoms with Gasteiger partial charge in [-0.05, 0) is 0 Å². The number of rotatable bonds is 7. The summed E-state index contributed by atoms with van der Waals surface area (Å²) in [6.07, 6.45) is 0.0569. The molecule has 1 heterocycles. The zero-order valence-corrected chi connectivity index (χ0v) is 18.1. The van der Waals surface area contributed by atoms with E-state index in [1.54, 1.807) is 0 Å². The van der Waals surface area contributed by atoms with Gasteiger partial charge in [-0.1, -0.05) is 0 Å². The summed E-state index contributed by atoms with van der Waals surface area (Å²) in [5, 5.41) is 9.55. The van der Waals surface area contributed by atoms with Gasteiger partial charge in [-0.2, -0.15) is 0 Å². The first kappa shape index (κ1) is 16.7. The number of halogens is 1. The molecule has 1 aliphatic heterocycles. The van der Waals surface area contributed by atoms with Gasteiger partial charge in [0.2, 0.25) is 0 Å². The fourth-order valence-electron chi connectivity index (χ4n) is 2.71. The predicted octanol–water partition coefficient (Wildman–Crippen LogP) is 2.87. The zero-order chi connectivity index (χ0) is 14.4. The number of hydrogen-bond donors (Lipinski definition) is 1. The van der Waals surface area contributed by atoms with Crippen molar-refractivity contribution in [2.45, 2.75) is 29.7 Å². The summed E-state index contributed by atoms with van der Waals surface area (Å²) in [6, 6.07) is 10.2. The van der Waals surface area contributed by atoms with Crippen LogP contribution in [0.15, 0.2) is 30.3 Å². The van der Waals surface area contributed by atoms with Crippen molar-refractivity contribution < 1.29 is 37.9 Å². The van der Waals surface area contributed by atoms with Crippen LogP contribution in [-0.4, -0.2) is 30.5 Å². The Hall–Kier alpha value is 0.325. The molecule has 20 heavy (non-hydrogen) atoms.